The van der Waals surface area contributed by atoms with Gasteiger partial charge in [-0.1, -0.05) is 0 Å². The van der Waals surface area contributed by atoms with Crippen molar-refractivity contribution >= 4 is 72.0 Å². The predicted molar refractivity (Wildman–Crippen MR) is 32.0 cm³/mol. The van der Waals surface area contributed by atoms with E-state index in [0.717, 1.165) is 0 Å². The summed E-state index contributed by atoms with van der Waals surface area (Å²) < 4.78 is 10.5. The quantitative estimate of drug-likeness (QED) is 0.289. The van der Waals surface area contributed by atoms with E-state index in [4.69, 9.17) is 14.4 Å². The van der Waals surface area contributed by atoms with E-state index in [2.05, 4.69) is 0 Å². The number of rotatable bonds is 0. The normalized spacial score (nSPS) is 8.57. The molecule has 42 valence electrons. The van der Waals surface area contributed by atoms with Gasteiger partial charge >= 0.3 is 54.6 Å². The van der Waals surface area contributed by atoms with Gasteiger partial charge in [0.1, 0.15) is 0 Å². The first-order valence-corrected chi connectivity index (χ1v) is 2.58. The summed E-state index contributed by atoms with van der Waals surface area (Å²) in [5.41, 5.74) is 0. The summed E-state index contributed by atoms with van der Waals surface area (Å²) in [6.07, 6.45) is 0. The minimum absolute atomic E-state index is 0. The molecule has 0 fully saturated rings. The molecule has 7 heteroatoms. The van der Waals surface area contributed by atoms with E-state index in [0.29, 0.717) is 0 Å². The molecule has 0 amide bonds. The number of halogens is 1. The van der Waals surface area contributed by atoms with Crippen LogP contribution in [0.25, 0.3) is 0 Å². The van der Waals surface area contributed by atoms with E-state index in [1.807, 2.05) is 0 Å². The number of hydrogen-bond donors (Lipinski definition) is 3. The molecule has 0 aromatic carbocycles. The van der Waals surface area contributed by atoms with Crippen LogP contribution >= 0.6 is 0 Å². The molecule has 0 radical (unpaired) electrons. The Hall–Kier alpha value is 2.04. The average Bonchev–Trinajstić information content (AvgIpc) is 0.722. The standard InChI is InChI=1S/Al.FH3O3Si.Sr.5H/c;1-5(2,3)4;;;;;;/h;2-4H;;;;;;. The molecule has 0 aromatic rings. The molecule has 3 N–H and O–H groups in total. The van der Waals surface area contributed by atoms with Crippen LogP contribution in [0.5, 0.6) is 0 Å². The molecule has 0 saturated carbocycles. The van der Waals surface area contributed by atoms with E-state index in [-0.39, 0.29) is 62.8 Å². The Balaban J connectivity index is -0.0000000800. The van der Waals surface area contributed by atoms with E-state index in [1.54, 1.807) is 0 Å². The molecule has 0 aliphatic rings. The van der Waals surface area contributed by atoms with Crippen LogP contribution in [0.2, 0.25) is 0 Å². The van der Waals surface area contributed by atoms with Crippen molar-refractivity contribution in [3.05, 3.63) is 0 Å². The summed E-state index contributed by atoms with van der Waals surface area (Å²) in [5.74, 6) is 0. The van der Waals surface area contributed by atoms with Crippen LogP contribution < -0.4 is 0 Å². The molecule has 0 unspecified atom stereocenters. The molecule has 0 aliphatic heterocycles. The second-order valence-electron chi connectivity index (χ2n) is 0.554. The van der Waals surface area contributed by atoms with Crippen molar-refractivity contribution in [3.8, 4) is 0 Å². The van der Waals surface area contributed by atoms with Crippen molar-refractivity contribution in [2.24, 2.45) is 0 Å². The first kappa shape index (κ1) is 16.0. The monoisotopic (exact) mass is 218 g/mol. The van der Waals surface area contributed by atoms with Gasteiger partial charge in [0.2, 0.25) is 0 Å². The maximum atomic E-state index is 10.5. The van der Waals surface area contributed by atoms with Crippen molar-refractivity contribution in [1.82, 2.24) is 0 Å². The van der Waals surface area contributed by atoms with Gasteiger partial charge in [0.05, 0.1) is 0 Å². The SMILES string of the molecule is O[Si](O)(O)F.[AlH3].[SrH2]. The average molecular weight is 218 g/mol. The van der Waals surface area contributed by atoms with Crippen LogP contribution in [0.4, 0.5) is 4.11 Å². The molecule has 0 heterocycles. The van der Waals surface area contributed by atoms with Crippen molar-refractivity contribution in [2.75, 3.05) is 0 Å². The molecule has 0 spiro atoms. The molecule has 3 nitrogen and oxygen atoms in total. The third-order valence-electron chi connectivity index (χ3n) is 0. The van der Waals surface area contributed by atoms with Crippen LogP contribution in [0.1, 0.15) is 0 Å². The van der Waals surface area contributed by atoms with Crippen molar-refractivity contribution < 1.29 is 18.5 Å². The Kier molecular flexibility index (Phi) is 14.1. The Morgan fingerprint density at radius 1 is 1.14 bits per heavy atom. The van der Waals surface area contributed by atoms with Gasteiger partial charge in [-0.3, -0.25) is 0 Å². The zero-order valence-corrected chi connectivity index (χ0v) is 3.22. The molecule has 0 atom stereocenters. The van der Waals surface area contributed by atoms with Gasteiger partial charge in [0, 0.05) is 0 Å². The fraction of sp³-hybridized carbons (Fsp3) is 0. The molecular formula is H8AlFO3SiSr. The zero-order valence-electron chi connectivity index (χ0n) is 2.22. The first-order chi connectivity index (χ1) is 2.00. The molecular weight excluding hydrogens is 210 g/mol. The summed E-state index contributed by atoms with van der Waals surface area (Å²) in [6.45, 7) is 0. The Labute approximate surface area is 89.1 Å². The summed E-state index contributed by atoms with van der Waals surface area (Å²) in [5, 5.41) is 0. The van der Waals surface area contributed by atoms with Gasteiger partial charge in [-0.05, 0) is 0 Å². The van der Waals surface area contributed by atoms with Gasteiger partial charge < -0.3 is 14.4 Å². The molecule has 0 aliphatic carbocycles. The van der Waals surface area contributed by atoms with Gasteiger partial charge in [0.15, 0.2) is 17.4 Å². The minimum atomic E-state index is -5.11. The second kappa shape index (κ2) is 6.16. The second-order valence-corrected chi connectivity index (χ2v) is 1.66. The third-order valence-corrected chi connectivity index (χ3v) is 0. The predicted octanol–water partition coefficient (Wildman–Crippen LogP) is -3.73. The van der Waals surface area contributed by atoms with Gasteiger partial charge in [-0.15, -0.1) is 0 Å². The van der Waals surface area contributed by atoms with Crippen LogP contribution in [-0.2, 0) is 0 Å². The molecule has 0 rings (SSSR count). The topological polar surface area (TPSA) is 60.7 Å². The molecule has 0 bridgehead atoms. The first-order valence-electron chi connectivity index (χ1n) is 0.860. The molecule has 0 saturated heterocycles. The summed E-state index contributed by atoms with van der Waals surface area (Å²) in [6, 6.07) is 0. The Bertz CT molecular complexity index is 30.4. The molecule has 0 aromatic heterocycles. The van der Waals surface area contributed by atoms with Crippen LogP contribution in [-0.4, -0.2) is 86.4 Å². The third kappa shape index (κ3) is 70.5. The summed E-state index contributed by atoms with van der Waals surface area (Å²) >= 11 is 0. The van der Waals surface area contributed by atoms with Crippen molar-refractivity contribution in [1.29, 1.82) is 0 Å². The maximum absolute atomic E-state index is 10.5. The Morgan fingerprint density at radius 2 is 1.14 bits per heavy atom. The van der Waals surface area contributed by atoms with Crippen LogP contribution in [0, 0.1) is 0 Å². The Morgan fingerprint density at radius 3 is 1.14 bits per heavy atom. The molecule has 7 heavy (non-hydrogen) atoms. The zero-order chi connectivity index (χ0) is 4.50. The fourth-order valence-corrected chi connectivity index (χ4v) is 0. The van der Waals surface area contributed by atoms with Crippen molar-refractivity contribution in [2.45, 2.75) is 0 Å². The van der Waals surface area contributed by atoms with Gasteiger partial charge in [-0.25, -0.2) is 4.11 Å². The van der Waals surface area contributed by atoms with E-state index in [9.17, 15) is 4.11 Å². The van der Waals surface area contributed by atoms with Crippen LogP contribution in [0.3, 0.4) is 0 Å². The van der Waals surface area contributed by atoms with E-state index < -0.39 is 9.14 Å². The van der Waals surface area contributed by atoms with Crippen LogP contribution in [0.15, 0.2) is 0 Å². The van der Waals surface area contributed by atoms with Crippen molar-refractivity contribution in [3.63, 3.8) is 0 Å². The van der Waals surface area contributed by atoms with E-state index in [1.165, 1.54) is 0 Å². The number of hydrogen-bond acceptors (Lipinski definition) is 3. The van der Waals surface area contributed by atoms with E-state index >= 15 is 0 Å². The van der Waals surface area contributed by atoms with Gasteiger partial charge in [-0.2, -0.15) is 0 Å². The van der Waals surface area contributed by atoms with Gasteiger partial charge in [0.25, 0.3) is 0 Å². The summed E-state index contributed by atoms with van der Waals surface area (Å²) in [4.78, 5) is 21.3. The fourth-order valence-electron chi connectivity index (χ4n) is 0. The summed E-state index contributed by atoms with van der Waals surface area (Å²) in [7, 11) is -5.11.